The lowest BCUT2D eigenvalue weighted by Crippen LogP contribution is -2.35. The van der Waals surface area contributed by atoms with Crippen LogP contribution in [0.15, 0.2) is 36.9 Å². The fraction of sp³-hybridized carbons (Fsp3) is 0.429. The molecule has 104 valence electrons. The van der Waals surface area contributed by atoms with Gasteiger partial charge in [0.05, 0.1) is 11.5 Å². The summed E-state index contributed by atoms with van der Waals surface area (Å²) in [6.07, 6.45) is 2.52. The molecule has 1 heterocycles. The molecule has 0 aromatic heterocycles. The Bertz CT molecular complexity index is 554. The smallest absolute Gasteiger partial charge is 0.151 e. The quantitative estimate of drug-likeness (QED) is 0.655. The molecule has 1 aromatic rings. The van der Waals surface area contributed by atoms with Crippen molar-refractivity contribution in [1.82, 2.24) is 4.90 Å². The van der Waals surface area contributed by atoms with E-state index >= 15 is 0 Å². The molecule has 2 rings (SSSR count). The maximum atomic E-state index is 11.6. The zero-order chi connectivity index (χ0) is 13.9. The van der Waals surface area contributed by atoms with E-state index in [0.717, 1.165) is 11.3 Å². The van der Waals surface area contributed by atoms with E-state index in [-0.39, 0.29) is 11.8 Å². The van der Waals surface area contributed by atoms with Crippen molar-refractivity contribution in [3.8, 4) is 0 Å². The highest BCUT2D eigenvalue weighted by molar-refractivity contribution is 7.91. The first-order valence-corrected chi connectivity index (χ1v) is 8.22. The van der Waals surface area contributed by atoms with Gasteiger partial charge in [0, 0.05) is 24.8 Å². The lowest BCUT2D eigenvalue weighted by molar-refractivity contribution is 0.227. The number of nitrogens with zero attached hydrogens (tertiary/aromatic N) is 1. The highest BCUT2D eigenvalue weighted by Crippen LogP contribution is 2.20. The number of anilines is 1. The van der Waals surface area contributed by atoms with Crippen LogP contribution < -0.4 is 5.73 Å². The summed E-state index contributed by atoms with van der Waals surface area (Å²) in [5.74, 6) is 0.547. The minimum atomic E-state index is -2.86. The van der Waals surface area contributed by atoms with Gasteiger partial charge in [0.1, 0.15) is 0 Å². The molecule has 1 aliphatic heterocycles. The summed E-state index contributed by atoms with van der Waals surface area (Å²) in [7, 11) is -2.86. The monoisotopic (exact) mass is 280 g/mol. The summed E-state index contributed by atoms with van der Waals surface area (Å²) >= 11 is 0. The summed E-state index contributed by atoms with van der Waals surface area (Å²) in [5.41, 5.74) is 7.60. The van der Waals surface area contributed by atoms with Gasteiger partial charge in [-0.25, -0.2) is 8.42 Å². The number of sulfone groups is 1. The molecule has 2 N–H and O–H groups in total. The predicted molar refractivity (Wildman–Crippen MR) is 78.5 cm³/mol. The molecule has 1 aliphatic rings. The highest BCUT2D eigenvalue weighted by Gasteiger charge is 2.31. The van der Waals surface area contributed by atoms with Gasteiger partial charge in [-0.3, -0.25) is 4.90 Å². The SMILES string of the molecule is C=CCN(Cc1cccc(N)c1)C1CCS(=O)(=O)C1. The second-order valence-corrected chi connectivity index (χ2v) is 7.25. The fourth-order valence-electron chi connectivity index (χ4n) is 2.50. The molecule has 4 nitrogen and oxygen atoms in total. The topological polar surface area (TPSA) is 63.4 Å². The number of hydrogen-bond acceptors (Lipinski definition) is 4. The van der Waals surface area contributed by atoms with Gasteiger partial charge in [-0.2, -0.15) is 0 Å². The van der Waals surface area contributed by atoms with Crippen LogP contribution in [0, 0.1) is 0 Å². The summed E-state index contributed by atoms with van der Waals surface area (Å²) in [6.45, 7) is 5.15. The molecule has 1 atom stereocenters. The van der Waals surface area contributed by atoms with Crippen LogP contribution in [-0.4, -0.2) is 37.4 Å². The van der Waals surface area contributed by atoms with Gasteiger partial charge < -0.3 is 5.73 Å². The molecule has 0 amide bonds. The number of nitrogens with two attached hydrogens (primary N) is 1. The minimum Gasteiger partial charge on any atom is -0.399 e. The molecular weight excluding hydrogens is 260 g/mol. The third-order valence-electron chi connectivity index (χ3n) is 3.43. The van der Waals surface area contributed by atoms with Crippen molar-refractivity contribution in [2.24, 2.45) is 0 Å². The molecule has 0 spiro atoms. The maximum Gasteiger partial charge on any atom is 0.151 e. The Labute approximate surface area is 114 Å². The summed E-state index contributed by atoms with van der Waals surface area (Å²) in [4.78, 5) is 2.16. The van der Waals surface area contributed by atoms with Gasteiger partial charge in [0.25, 0.3) is 0 Å². The zero-order valence-electron chi connectivity index (χ0n) is 11.0. The third kappa shape index (κ3) is 3.81. The lowest BCUT2D eigenvalue weighted by atomic mass is 10.1. The van der Waals surface area contributed by atoms with E-state index in [9.17, 15) is 8.42 Å². The van der Waals surface area contributed by atoms with Gasteiger partial charge >= 0.3 is 0 Å². The van der Waals surface area contributed by atoms with Crippen LogP contribution in [-0.2, 0) is 16.4 Å². The molecule has 1 unspecified atom stereocenters. The van der Waals surface area contributed by atoms with E-state index in [1.54, 1.807) is 0 Å². The molecule has 0 radical (unpaired) electrons. The van der Waals surface area contributed by atoms with Crippen LogP contribution in [0.25, 0.3) is 0 Å². The van der Waals surface area contributed by atoms with Crippen LogP contribution in [0.5, 0.6) is 0 Å². The average molecular weight is 280 g/mol. The Hall–Kier alpha value is -1.33. The third-order valence-corrected chi connectivity index (χ3v) is 5.18. The van der Waals surface area contributed by atoms with Gasteiger partial charge in [-0.1, -0.05) is 18.2 Å². The highest BCUT2D eigenvalue weighted by atomic mass is 32.2. The predicted octanol–water partition coefficient (Wildman–Crippen LogP) is 1.44. The van der Waals surface area contributed by atoms with Crippen LogP contribution in [0.1, 0.15) is 12.0 Å². The van der Waals surface area contributed by atoms with Gasteiger partial charge in [-0.15, -0.1) is 6.58 Å². The van der Waals surface area contributed by atoms with Gasteiger partial charge in [0.2, 0.25) is 0 Å². The number of hydrogen-bond donors (Lipinski definition) is 1. The first-order chi connectivity index (χ1) is 9.00. The van der Waals surface area contributed by atoms with E-state index < -0.39 is 9.84 Å². The molecular formula is C14H20N2O2S. The van der Waals surface area contributed by atoms with E-state index in [1.165, 1.54) is 0 Å². The maximum absolute atomic E-state index is 11.6. The Kier molecular flexibility index (Phi) is 4.27. The Morgan fingerprint density at radius 2 is 2.26 bits per heavy atom. The van der Waals surface area contributed by atoms with E-state index in [1.807, 2.05) is 30.3 Å². The summed E-state index contributed by atoms with van der Waals surface area (Å²) in [5, 5.41) is 0. The Morgan fingerprint density at radius 1 is 1.47 bits per heavy atom. The second kappa shape index (κ2) is 5.75. The van der Waals surface area contributed by atoms with E-state index in [4.69, 9.17) is 5.73 Å². The largest absolute Gasteiger partial charge is 0.399 e. The molecule has 1 saturated heterocycles. The van der Waals surface area contributed by atoms with E-state index in [0.29, 0.717) is 25.3 Å². The Morgan fingerprint density at radius 3 is 2.84 bits per heavy atom. The van der Waals surface area contributed by atoms with Crippen molar-refractivity contribution in [1.29, 1.82) is 0 Å². The molecule has 0 aliphatic carbocycles. The number of benzene rings is 1. The molecule has 5 heteroatoms. The van der Waals surface area contributed by atoms with Gasteiger partial charge in [-0.05, 0) is 24.1 Å². The Balaban J connectivity index is 2.10. The molecule has 0 saturated carbocycles. The average Bonchev–Trinajstić information content (AvgIpc) is 2.69. The van der Waals surface area contributed by atoms with Crippen molar-refractivity contribution < 1.29 is 8.42 Å². The standard InChI is InChI=1S/C14H20N2O2S/c1-2-7-16(14-6-8-19(17,18)11-14)10-12-4-3-5-13(15)9-12/h2-5,9,14H,1,6-8,10-11,15H2. The second-order valence-electron chi connectivity index (χ2n) is 5.02. The van der Waals surface area contributed by atoms with Crippen molar-refractivity contribution in [2.45, 2.75) is 19.0 Å². The molecule has 1 aromatic carbocycles. The van der Waals surface area contributed by atoms with Crippen molar-refractivity contribution in [3.05, 3.63) is 42.5 Å². The van der Waals surface area contributed by atoms with Gasteiger partial charge in [0.15, 0.2) is 9.84 Å². The molecule has 1 fully saturated rings. The first kappa shape index (κ1) is 14.1. The lowest BCUT2D eigenvalue weighted by Gasteiger charge is -2.26. The first-order valence-electron chi connectivity index (χ1n) is 6.40. The minimum absolute atomic E-state index is 0.0874. The van der Waals surface area contributed by atoms with Crippen LogP contribution in [0.3, 0.4) is 0 Å². The fourth-order valence-corrected chi connectivity index (χ4v) is 4.26. The van der Waals surface area contributed by atoms with Crippen molar-refractivity contribution in [2.75, 3.05) is 23.8 Å². The zero-order valence-corrected chi connectivity index (χ0v) is 11.8. The number of nitrogen functional groups attached to an aromatic ring is 1. The van der Waals surface area contributed by atoms with E-state index in [2.05, 4.69) is 11.5 Å². The number of rotatable bonds is 5. The molecule has 19 heavy (non-hydrogen) atoms. The molecule has 0 bridgehead atoms. The normalized spacial score (nSPS) is 21.6. The van der Waals surface area contributed by atoms with Crippen LogP contribution in [0.2, 0.25) is 0 Å². The van der Waals surface area contributed by atoms with Crippen LogP contribution >= 0.6 is 0 Å². The van der Waals surface area contributed by atoms with Crippen LogP contribution in [0.4, 0.5) is 5.69 Å². The summed E-state index contributed by atoms with van der Waals surface area (Å²) < 4.78 is 23.2. The van der Waals surface area contributed by atoms with Crippen molar-refractivity contribution in [3.63, 3.8) is 0 Å². The summed E-state index contributed by atoms with van der Waals surface area (Å²) in [6, 6.07) is 7.79. The van der Waals surface area contributed by atoms with Crippen molar-refractivity contribution >= 4 is 15.5 Å².